The zero-order chi connectivity index (χ0) is 10.2. The maximum atomic E-state index is 9.39. The quantitative estimate of drug-likeness (QED) is 0.744. The molecule has 1 aliphatic carbocycles. The minimum Gasteiger partial charge on any atom is -0.396 e. The molecule has 2 aliphatic rings. The molecule has 1 saturated heterocycles. The Hall–Kier alpha value is -0.0800. The van der Waals surface area contributed by atoms with E-state index in [0.29, 0.717) is 6.61 Å². The monoisotopic (exact) mass is 197 g/mol. The predicted octanol–water partition coefficient (Wildman–Crippen LogP) is 1.88. The van der Waals surface area contributed by atoms with Crippen LogP contribution in [0.25, 0.3) is 0 Å². The first kappa shape index (κ1) is 10.4. The van der Waals surface area contributed by atoms with Crippen molar-refractivity contribution in [3.8, 4) is 0 Å². The van der Waals surface area contributed by atoms with Gasteiger partial charge in [-0.1, -0.05) is 13.8 Å². The third-order valence-corrected chi connectivity index (χ3v) is 4.34. The molecule has 14 heavy (non-hydrogen) atoms. The number of rotatable bonds is 4. The molecule has 2 heteroatoms. The van der Waals surface area contributed by atoms with Gasteiger partial charge < -0.3 is 5.11 Å². The Kier molecular flexibility index (Phi) is 2.85. The zero-order valence-electron chi connectivity index (χ0n) is 9.50. The van der Waals surface area contributed by atoms with Crippen molar-refractivity contribution in [1.29, 1.82) is 0 Å². The van der Waals surface area contributed by atoms with Crippen LogP contribution in [0, 0.1) is 11.3 Å². The molecule has 2 bridgehead atoms. The fourth-order valence-electron chi connectivity index (χ4n) is 2.98. The van der Waals surface area contributed by atoms with Crippen LogP contribution in [0.4, 0.5) is 0 Å². The van der Waals surface area contributed by atoms with Crippen LogP contribution in [0.15, 0.2) is 0 Å². The number of hydrogen-bond acceptors (Lipinski definition) is 2. The Balaban J connectivity index is 1.91. The summed E-state index contributed by atoms with van der Waals surface area (Å²) >= 11 is 0. The number of nitrogens with zero attached hydrogens (tertiary/aromatic N) is 1. The molecule has 2 nitrogen and oxygen atoms in total. The van der Waals surface area contributed by atoms with Crippen LogP contribution in [-0.4, -0.2) is 35.7 Å². The molecule has 0 aromatic rings. The highest BCUT2D eigenvalue weighted by Crippen LogP contribution is 2.39. The van der Waals surface area contributed by atoms with Gasteiger partial charge in [-0.2, -0.15) is 0 Å². The van der Waals surface area contributed by atoms with Crippen molar-refractivity contribution in [2.75, 3.05) is 19.7 Å². The van der Waals surface area contributed by atoms with E-state index in [1.165, 1.54) is 25.8 Å². The summed E-state index contributed by atoms with van der Waals surface area (Å²) in [5.74, 6) is 0.972. The molecule has 1 aliphatic heterocycles. The molecule has 2 rings (SSSR count). The second kappa shape index (κ2) is 3.82. The highest BCUT2D eigenvalue weighted by molar-refractivity contribution is 4.94. The average molecular weight is 197 g/mol. The van der Waals surface area contributed by atoms with Crippen molar-refractivity contribution >= 4 is 0 Å². The number of aliphatic hydroxyl groups is 1. The van der Waals surface area contributed by atoms with Gasteiger partial charge in [-0.3, -0.25) is 4.90 Å². The fraction of sp³-hybridized carbons (Fsp3) is 1.00. The van der Waals surface area contributed by atoms with Crippen LogP contribution in [0.1, 0.15) is 39.5 Å². The van der Waals surface area contributed by atoms with Crippen molar-refractivity contribution in [3.63, 3.8) is 0 Å². The van der Waals surface area contributed by atoms with Gasteiger partial charge in [0.15, 0.2) is 0 Å². The SMILES string of the molecule is CCC(C)(CO)CN1CC2CCC1C2. The Morgan fingerprint density at radius 3 is 2.64 bits per heavy atom. The smallest absolute Gasteiger partial charge is 0.0496 e. The van der Waals surface area contributed by atoms with E-state index < -0.39 is 0 Å². The molecular weight excluding hydrogens is 174 g/mol. The minimum absolute atomic E-state index is 0.129. The van der Waals surface area contributed by atoms with Crippen molar-refractivity contribution in [1.82, 2.24) is 4.90 Å². The van der Waals surface area contributed by atoms with Crippen LogP contribution in [0.3, 0.4) is 0 Å². The van der Waals surface area contributed by atoms with Gasteiger partial charge >= 0.3 is 0 Å². The molecule has 1 saturated carbocycles. The fourth-order valence-corrected chi connectivity index (χ4v) is 2.98. The maximum Gasteiger partial charge on any atom is 0.0496 e. The largest absolute Gasteiger partial charge is 0.396 e. The van der Waals surface area contributed by atoms with Gasteiger partial charge in [0.25, 0.3) is 0 Å². The number of aliphatic hydroxyl groups excluding tert-OH is 1. The molecule has 0 spiro atoms. The number of hydrogen-bond donors (Lipinski definition) is 1. The Morgan fingerprint density at radius 2 is 2.21 bits per heavy atom. The van der Waals surface area contributed by atoms with Crippen LogP contribution >= 0.6 is 0 Å². The van der Waals surface area contributed by atoms with Gasteiger partial charge in [0.2, 0.25) is 0 Å². The lowest BCUT2D eigenvalue weighted by Crippen LogP contribution is -2.42. The molecule has 0 radical (unpaired) electrons. The lowest BCUT2D eigenvalue weighted by atomic mass is 9.87. The molecule has 0 aromatic carbocycles. The van der Waals surface area contributed by atoms with E-state index in [-0.39, 0.29) is 5.41 Å². The summed E-state index contributed by atoms with van der Waals surface area (Å²) < 4.78 is 0. The summed E-state index contributed by atoms with van der Waals surface area (Å²) in [6, 6.07) is 0.845. The average Bonchev–Trinajstić information content (AvgIpc) is 2.79. The lowest BCUT2D eigenvalue weighted by molar-refractivity contribution is 0.0698. The molecule has 3 unspecified atom stereocenters. The van der Waals surface area contributed by atoms with Gasteiger partial charge in [0.05, 0.1) is 0 Å². The first-order valence-electron chi connectivity index (χ1n) is 6.02. The van der Waals surface area contributed by atoms with Gasteiger partial charge in [0.1, 0.15) is 0 Å². The van der Waals surface area contributed by atoms with Gasteiger partial charge in [-0.15, -0.1) is 0 Å². The van der Waals surface area contributed by atoms with Crippen molar-refractivity contribution in [3.05, 3.63) is 0 Å². The van der Waals surface area contributed by atoms with Crippen LogP contribution < -0.4 is 0 Å². The molecule has 2 fully saturated rings. The Bertz CT molecular complexity index is 200. The van der Waals surface area contributed by atoms with Gasteiger partial charge in [-0.05, 0) is 31.6 Å². The van der Waals surface area contributed by atoms with Crippen molar-refractivity contribution in [2.24, 2.45) is 11.3 Å². The highest BCUT2D eigenvalue weighted by atomic mass is 16.3. The van der Waals surface area contributed by atoms with E-state index in [4.69, 9.17) is 0 Å². The summed E-state index contributed by atoms with van der Waals surface area (Å²) in [7, 11) is 0. The number of likely N-dealkylation sites (tertiary alicyclic amines) is 1. The van der Waals surface area contributed by atoms with E-state index in [1.54, 1.807) is 0 Å². The summed E-state index contributed by atoms with van der Waals surface area (Å²) in [6.45, 7) is 7.11. The van der Waals surface area contributed by atoms with E-state index in [2.05, 4.69) is 18.7 Å². The standard InChI is InChI=1S/C12H23NO/c1-3-12(2,9-14)8-13-7-10-4-5-11(13)6-10/h10-11,14H,3-9H2,1-2H3. The first-order valence-corrected chi connectivity index (χ1v) is 6.02. The Morgan fingerprint density at radius 1 is 1.43 bits per heavy atom. The second-order valence-electron chi connectivity index (χ2n) is 5.58. The molecule has 3 atom stereocenters. The minimum atomic E-state index is 0.129. The third-order valence-electron chi connectivity index (χ3n) is 4.34. The highest BCUT2D eigenvalue weighted by Gasteiger charge is 2.40. The third kappa shape index (κ3) is 1.82. The molecule has 0 amide bonds. The second-order valence-corrected chi connectivity index (χ2v) is 5.58. The van der Waals surface area contributed by atoms with E-state index in [0.717, 1.165) is 24.9 Å². The van der Waals surface area contributed by atoms with E-state index >= 15 is 0 Å². The summed E-state index contributed by atoms with van der Waals surface area (Å²) in [5.41, 5.74) is 0.129. The van der Waals surface area contributed by atoms with Gasteiger partial charge in [0, 0.05) is 31.2 Å². The maximum absolute atomic E-state index is 9.39. The van der Waals surface area contributed by atoms with Gasteiger partial charge in [-0.25, -0.2) is 0 Å². The predicted molar refractivity (Wildman–Crippen MR) is 58.2 cm³/mol. The lowest BCUT2D eigenvalue weighted by Gasteiger charge is -2.35. The van der Waals surface area contributed by atoms with E-state index in [9.17, 15) is 5.11 Å². The molecule has 1 N–H and O–H groups in total. The molecule has 0 aromatic heterocycles. The normalized spacial score (nSPS) is 36.2. The molecule has 82 valence electrons. The summed E-state index contributed by atoms with van der Waals surface area (Å²) in [4.78, 5) is 2.62. The van der Waals surface area contributed by atoms with E-state index in [1.807, 2.05) is 0 Å². The van der Waals surface area contributed by atoms with Crippen molar-refractivity contribution < 1.29 is 5.11 Å². The number of piperidine rings is 1. The van der Waals surface area contributed by atoms with Crippen LogP contribution in [-0.2, 0) is 0 Å². The topological polar surface area (TPSA) is 23.5 Å². The van der Waals surface area contributed by atoms with Crippen molar-refractivity contribution in [2.45, 2.75) is 45.6 Å². The first-order chi connectivity index (χ1) is 6.67. The number of fused-ring (bicyclic) bond motifs is 2. The molecule has 1 heterocycles. The van der Waals surface area contributed by atoms with Crippen LogP contribution in [0.2, 0.25) is 0 Å². The Labute approximate surface area is 87.3 Å². The zero-order valence-corrected chi connectivity index (χ0v) is 9.50. The molecular formula is C12H23NO. The summed E-state index contributed by atoms with van der Waals surface area (Å²) in [5, 5.41) is 9.39. The van der Waals surface area contributed by atoms with Crippen LogP contribution in [0.5, 0.6) is 0 Å². The summed E-state index contributed by atoms with van der Waals surface area (Å²) in [6.07, 6.45) is 5.35.